The summed E-state index contributed by atoms with van der Waals surface area (Å²) in [7, 11) is 3.79. The standard InChI is InChI=1S/C17H16F2N4O3S2/c1-21(2)6-3-7-22(16(24)12-4-5-14(27-12)23(25)26)17-20-15-11(19)8-10(18)9-13(15)28-17/h4-5,8-9H,3,6-7H2,1-2H3. The van der Waals surface area contributed by atoms with Gasteiger partial charge >= 0.3 is 5.00 Å². The third kappa shape index (κ3) is 4.32. The Labute approximate surface area is 167 Å². The van der Waals surface area contributed by atoms with Gasteiger partial charge in [0.1, 0.15) is 11.3 Å². The lowest BCUT2D eigenvalue weighted by Crippen LogP contribution is -2.33. The van der Waals surface area contributed by atoms with E-state index in [1.165, 1.54) is 17.0 Å². The Morgan fingerprint density at radius 2 is 1.96 bits per heavy atom. The molecule has 1 aromatic carbocycles. The number of rotatable bonds is 7. The van der Waals surface area contributed by atoms with E-state index in [0.29, 0.717) is 13.0 Å². The normalized spacial score (nSPS) is 11.3. The zero-order valence-corrected chi connectivity index (χ0v) is 16.6. The number of carbonyl (C=O) groups is 1. The lowest BCUT2D eigenvalue weighted by molar-refractivity contribution is -0.380. The lowest BCUT2D eigenvalue weighted by Gasteiger charge is -2.20. The van der Waals surface area contributed by atoms with Gasteiger partial charge in [-0.2, -0.15) is 0 Å². The number of fused-ring (bicyclic) bond motifs is 1. The first-order chi connectivity index (χ1) is 13.3. The topological polar surface area (TPSA) is 79.6 Å². The number of thiophene rings is 1. The molecule has 28 heavy (non-hydrogen) atoms. The molecular formula is C17H16F2N4O3S2. The van der Waals surface area contributed by atoms with E-state index in [1.54, 1.807) is 0 Å². The van der Waals surface area contributed by atoms with Crippen LogP contribution in [0.15, 0.2) is 24.3 Å². The maximum absolute atomic E-state index is 14.0. The second kappa shape index (κ2) is 8.25. The van der Waals surface area contributed by atoms with Gasteiger partial charge in [0.05, 0.1) is 14.5 Å². The van der Waals surface area contributed by atoms with Gasteiger partial charge in [-0.3, -0.25) is 19.8 Å². The van der Waals surface area contributed by atoms with Crippen molar-refractivity contribution in [2.75, 3.05) is 32.1 Å². The minimum Gasteiger partial charge on any atom is -0.309 e. The molecule has 7 nitrogen and oxygen atoms in total. The van der Waals surface area contributed by atoms with Gasteiger partial charge in [0.25, 0.3) is 5.91 Å². The van der Waals surface area contributed by atoms with E-state index in [4.69, 9.17) is 0 Å². The Hall–Kier alpha value is -2.50. The second-order valence-corrected chi connectivity index (χ2v) is 8.31. The van der Waals surface area contributed by atoms with Crippen LogP contribution in [0, 0.1) is 21.7 Å². The van der Waals surface area contributed by atoms with E-state index in [2.05, 4.69) is 4.98 Å². The average molecular weight is 426 g/mol. The molecule has 0 saturated heterocycles. The number of hydrogen-bond acceptors (Lipinski definition) is 7. The molecule has 0 N–H and O–H groups in total. The highest BCUT2D eigenvalue weighted by atomic mass is 32.1. The largest absolute Gasteiger partial charge is 0.324 e. The molecule has 0 unspecified atom stereocenters. The van der Waals surface area contributed by atoms with E-state index in [9.17, 15) is 23.7 Å². The Bertz CT molecular complexity index is 1030. The van der Waals surface area contributed by atoms with Crippen molar-refractivity contribution in [3.63, 3.8) is 0 Å². The summed E-state index contributed by atoms with van der Waals surface area (Å²) in [6, 6.07) is 4.56. The number of hydrogen-bond donors (Lipinski definition) is 0. The van der Waals surface area contributed by atoms with Crippen LogP contribution in [0.1, 0.15) is 16.1 Å². The van der Waals surface area contributed by atoms with Gasteiger partial charge in [-0.25, -0.2) is 13.8 Å². The van der Waals surface area contributed by atoms with E-state index < -0.39 is 22.5 Å². The summed E-state index contributed by atoms with van der Waals surface area (Å²) in [6.45, 7) is 0.981. The van der Waals surface area contributed by atoms with Gasteiger partial charge in [-0.05, 0) is 39.2 Å². The summed E-state index contributed by atoms with van der Waals surface area (Å²) in [5.74, 6) is -1.98. The molecule has 2 aromatic heterocycles. The first-order valence-corrected chi connectivity index (χ1v) is 9.86. The molecule has 0 radical (unpaired) electrons. The van der Waals surface area contributed by atoms with Crippen molar-refractivity contribution in [1.82, 2.24) is 9.88 Å². The Kier molecular flexibility index (Phi) is 5.96. The molecule has 11 heteroatoms. The molecule has 1 amide bonds. The quantitative estimate of drug-likeness (QED) is 0.419. The molecule has 3 rings (SSSR count). The van der Waals surface area contributed by atoms with Crippen LogP contribution in [0.3, 0.4) is 0 Å². The molecule has 0 fully saturated rings. The first kappa shape index (κ1) is 20.2. The second-order valence-electron chi connectivity index (χ2n) is 6.24. The highest BCUT2D eigenvalue weighted by molar-refractivity contribution is 7.22. The van der Waals surface area contributed by atoms with Crippen LogP contribution >= 0.6 is 22.7 Å². The summed E-state index contributed by atoms with van der Waals surface area (Å²) in [4.78, 5) is 31.0. The molecule has 0 bridgehead atoms. The molecule has 0 aliphatic carbocycles. The van der Waals surface area contributed by atoms with Crippen LogP contribution in [-0.2, 0) is 0 Å². The molecule has 2 heterocycles. The van der Waals surface area contributed by atoms with Crippen molar-refractivity contribution >= 4 is 48.9 Å². The number of nitro groups is 1. The van der Waals surface area contributed by atoms with Crippen molar-refractivity contribution in [3.8, 4) is 0 Å². The van der Waals surface area contributed by atoms with E-state index >= 15 is 0 Å². The number of nitrogens with zero attached hydrogens (tertiary/aromatic N) is 4. The van der Waals surface area contributed by atoms with Crippen LogP contribution in [0.25, 0.3) is 10.2 Å². The first-order valence-electron chi connectivity index (χ1n) is 8.22. The Morgan fingerprint density at radius 1 is 1.21 bits per heavy atom. The summed E-state index contributed by atoms with van der Waals surface area (Å²) < 4.78 is 27.8. The highest BCUT2D eigenvalue weighted by Crippen LogP contribution is 2.33. The molecule has 0 aliphatic rings. The van der Waals surface area contributed by atoms with E-state index in [1.807, 2.05) is 19.0 Å². The zero-order chi connectivity index (χ0) is 20.4. The van der Waals surface area contributed by atoms with E-state index in [0.717, 1.165) is 34.8 Å². The number of aromatic nitrogens is 1. The van der Waals surface area contributed by atoms with Gasteiger partial charge in [0.2, 0.25) is 0 Å². The molecular weight excluding hydrogens is 410 g/mol. The molecule has 0 saturated carbocycles. The number of thiazole rings is 1. The maximum Gasteiger partial charge on any atom is 0.324 e. The smallest absolute Gasteiger partial charge is 0.309 e. The van der Waals surface area contributed by atoms with Gasteiger partial charge in [0.15, 0.2) is 10.9 Å². The van der Waals surface area contributed by atoms with Crippen LogP contribution in [0.2, 0.25) is 0 Å². The predicted octanol–water partition coefficient (Wildman–Crippen LogP) is 4.14. The summed E-state index contributed by atoms with van der Waals surface area (Å²) in [5.41, 5.74) is -0.0102. The lowest BCUT2D eigenvalue weighted by atomic mass is 10.3. The fourth-order valence-corrected chi connectivity index (χ4v) is 4.36. The van der Waals surface area contributed by atoms with Crippen LogP contribution in [0.4, 0.5) is 18.9 Å². The Balaban J connectivity index is 1.97. The third-order valence-electron chi connectivity index (χ3n) is 3.85. The number of anilines is 1. The maximum atomic E-state index is 14.0. The van der Waals surface area contributed by atoms with Crippen molar-refractivity contribution in [3.05, 3.63) is 50.9 Å². The van der Waals surface area contributed by atoms with Crippen LogP contribution in [-0.4, -0.2) is 47.9 Å². The predicted molar refractivity (Wildman–Crippen MR) is 105 cm³/mol. The average Bonchev–Trinajstić information content (AvgIpc) is 3.25. The number of benzene rings is 1. The number of halogens is 2. The summed E-state index contributed by atoms with van der Waals surface area (Å²) in [6.07, 6.45) is 0.610. The third-order valence-corrected chi connectivity index (χ3v) is 5.90. The van der Waals surface area contributed by atoms with Crippen LogP contribution < -0.4 is 4.90 Å². The number of amides is 1. The van der Waals surface area contributed by atoms with Gasteiger partial charge in [0, 0.05) is 18.7 Å². The molecule has 0 atom stereocenters. The van der Waals surface area contributed by atoms with Crippen molar-refractivity contribution in [2.45, 2.75) is 6.42 Å². The van der Waals surface area contributed by atoms with Crippen molar-refractivity contribution in [2.24, 2.45) is 0 Å². The SMILES string of the molecule is CN(C)CCCN(C(=O)c1ccc([N+](=O)[O-])s1)c1nc2c(F)cc(F)cc2s1. The van der Waals surface area contributed by atoms with Crippen LogP contribution in [0.5, 0.6) is 0 Å². The van der Waals surface area contributed by atoms with Crippen molar-refractivity contribution < 1.29 is 18.5 Å². The van der Waals surface area contributed by atoms with E-state index in [-0.39, 0.29) is 31.8 Å². The van der Waals surface area contributed by atoms with Gasteiger partial charge in [-0.1, -0.05) is 22.7 Å². The molecule has 3 aromatic rings. The fourth-order valence-electron chi connectivity index (χ4n) is 2.56. The number of carbonyl (C=O) groups excluding carboxylic acids is 1. The minimum atomic E-state index is -0.801. The van der Waals surface area contributed by atoms with Gasteiger partial charge in [-0.15, -0.1) is 0 Å². The monoisotopic (exact) mass is 426 g/mol. The minimum absolute atomic E-state index is 0.0102. The Morgan fingerprint density at radius 3 is 2.61 bits per heavy atom. The fraction of sp³-hybridized carbons (Fsp3) is 0.294. The zero-order valence-electron chi connectivity index (χ0n) is 15.0. The van der Waals surface area contributed by atoms with Gasteiger partial charge < -0.3 is 4.90 Å². The molecule has 148 valence electrons. The summed E-state index contributed by atoms with van der Waals surface area (Å²) >= 11 is 1.77. The summed E-state index contributed by atoms with van der Waals surface area (Å²) in [5, 5.41) is 11.0. The highest BCUT2D eigenvalue weighted by Gasteiger charge is 2.25. The molecule has 0 spiro atoms. The molecule has 0 aliphatic heterocycles. The van der Waals surface area contributed by atoms with Crippen molar-refractivity contribution in [1.29, 1.82) is 0 Å².